The van der Waals surface area contributed by atoms with Gasteiger partial charge in [-0.25, -0.2) is 0 Å². The molecule has 1 N–H and O–H groups in total. The van der Waals surface area contributed by atoms with E-state index in [2.05, 4.69) is 24.1 Å². The third-order valence-electron chi connectivity index (χ3n) is 4.06. The van der Waals surface area contributed by atoms with Gasteiger partial charge in [0.25, 0.3) is 0 Å². The van der Waals surface area contributed by atoms with Gasteiger partial charge in [0.2, 0.25) is 0 Å². The molecule has 3 unspecified atom stereocenters. The molecule has 2 nitrogen and oxygen atoms in total. The zero-order chi connectivity index (χ0) is 9.97. The van der Waals surface area contributed by atoms with Gasteiger partial charge in [-0.05, 0) is 52.6 Å². The van der Waals surface area contributed by atoms with Gasteiger partial charge < -0.3 is 5.32 Å². The summed E-state index contributed by atoms with van der Waals surface area (Å²) in [5.74, 6) is 0. The Hall–Kier alpha value is -0.0800. The molecule has 0 spiro atoms. The number of nitrogens with one attached hydrogen (secondary N) is 1. The molecule has 0 radical (unpaired) electrons. The molecule has 2 rings (SSSR count). The van der Waals surface area contributed by atoms with Crippen molar-refractivity contribution in [2.24, 2.45) is 0 Å². The average molecular weight is 196 g/mol. The Labute approximate surface area is 88.1 Å². The Morgan fingerprint density at radius 1 is 1.21 bits per heavy atom. The van der Waals surface area contributed by atoms with E-state index in [1.165, 1.54) is 45.2 Å². The molecule has 3 atom stereocenters. The van der Waals surface area contributed by atoms with Gasteiger partial charge in [-0.15, -0.1) is 0 Å². The fourth-order valence-electron chi connectivity index (χ4n) is 3.08. The molecular weight excluding hydrogens is 172 g/mol. The highest BCUT2D eigenvalue weighted by atomic mass is 15.2. The van der Waals surface area contributed by atoms with Gasteiger partial charge in [0.15, 0.2) is 0 Å². The minimum atomic E-state index is 0.743. The molecule has 0 aliphatic carbocycles. The van der Waals surface area contributed by atoms with Crippen LogP contribution >= 0.6 is 0 Å². The van der Waals surface area contributed by atoms with Crippen LogP contribution in [-0.2, 0) is 0 Å². The molecule has 2 saturated heterocycles. The molecule has 2 aliphatic rings. The highest BCUT2D eigenvalue weighted by Gasteiger charge is 2.29. The van der Waals surface area contributed by atoms with Crippen LogP contribution in [0.1, 0.15) is 46.0 Å². The molecule has 0 saturated carbocycles. The number of hydrogen-bond acceptors (Lipinski definition) is 2. The minimum absolute atomic E-state index is 0.743. The Morgan fingerprint density at radius 2 is 2.07 bits per heavy atom. The predicted octanol–water partition coefficient (Wildman–Crippen LogP) is 2.00. The molecule has 2 fully saturated rings. The molecule has 0 bridgehead atoms. The van der Waals surface area contributed by atoms with E-state index in [-0.39, 0.29) is 0 Å². The SMILES string of the molecule is CC1CCCCN1C(C)C1CCCN1. The maximum Gasteiger partial charge on any atom is 0.0223 e. The van der Waals surface area contributed by atoms with Gasteiger partial charge in [0.05, 0.1) is 0 Å². The Bertz CT molecular complexity index is 175. The van der Waals surface area contributed by atoms with Crippen molar-refractivity contribution in [3.63, 3.8) is 0 Å². The van der Waals surface area contributed by atoms with Crippen LogP contribution in [0, 0.1) is 0 Å². The summed E-state index contributed by atoms with van der Waals surface area (Å²) in [7, 11) is 0. The Balaban J connectivity index is 1.91. The first-order chi connectivity index (χ1) is 6.79. The minimum Gasteiger partial charge on any atom is -0.312 e. The summed E-state index contributed by atoms with van der Waals surface area (Å²) in [5, 5.41) is 3.63. The maximum atomic E-state index is 3.63. The van der Waals surface area contributed by atoms with E-state index < -0.39 is 0 Å². The molecule has 2 aliphatic heterocycles. The Morgan fingerprint density at radius 3 is 2.71 bits per heavy atom. The molecule has 0 amide bonds. The summed E-state index contributed by atoms with van der Waals surface area (Å²) < 4.78 is 0. The van der Waals surface area contributed by atoms with Crippen LogP contribution in [-0.4, -0.2) is 36.1 Å². The van der Waals surface area contributed by atoms with Crippen molar-refractivity contribution in [2.45, 2.75) is 64.1 Å². The summed E-state index contributed by atoms with van der Waals surface area (Å²) >= 11 is 0. The van der Waals surface area contributed by atoms with Crippen molar-refractivity contribution in [2.75, 3.05) is 13.1 Å². The van der Waals surface area contributed by atoms with Crippen molar-refractivity contribution in [3.8, 4) is 0 Å². The van der Waals surface area contributed by atoms with E-state index in [1.807, 2.05) is 0 Å². The monoisotopic (exact) mass is 196 g/mol. The molecule has 2 heteroatoms. The standard InChI is InChI=1S/C12H24N2/c1-10-6-3-4-9-14(10)11(2)12-7-5-8-13-12/h10-13H,3-9H2,1-2H3. The van der Waals surface area contributed by atoms with Gasteiger partial charge >= 0.3 is 0 Å². The normalized spacial score (nSPS) is 37.3. The highest BCUT2D eigenvalue weighted by Crippen LogP contribution is 2.23. The average Bonchev–Trinajstić information content (AvgIpc) is 2.70. The third-order valence-corrected chi connectivity index (χ3v) is 4.06. The van der Waals surface area contributed by atoms with E-state index in [0.717, 1.165) is 18.1 Å². The van der Waals surface area contributed by atoms with Crippen LogP contribution in [0.15, 0.2) is 0 Å². The topological polar surface area (TPSA) is 15.3 Å². The lowest BCUT2D eigenvalue weighted by atomic mass is 9.98. The van der Waals surface area contributed by atoms with E-state index >= 15 is 0 Å². The summed E-state index contributed by atoms with van der Waals surface area (Å²) in [6.45, 7) is 7.35. The number of piperidine rings is 1. The van der Waals surface area contributed by atoms with Crippen LogP contribution < -0.4 is 5.32 Å². The van der Waals surface area contributed by atoms with Gasteiger partial charge in [0.1, 0.15) is 0 Å². The molecule has 14 heavy (non-hydrogen) atoms. The Kier molecular flexibility index (Phi) is 3.45. The van der Waals surface area contributed by atoms with Crippen LogP contribution in [0.5, 0.6) is 0 Å². The van der Waals surface area contributed by atoms with Crippen molar-refractivity contribution in [3.05, 3.63) is 0 Å². The number of nitrogens with zero attached hydrogens (tertiary/aromatic N) is 1. The molecule has 0 aromatic heterocycles. The van der Waals surface area contributed by atoms with E-state index in [4.69, 9.17) is 0 Å². The number of hydrogen-bond donors (Lipinski definition) is 1. The second-order valence-electron chi connectivity index (χ2n) is 5.03. The lowest BCUT2D eigenvalue weighted by molar-refractivity contribution is 0.0949. The van der Waals surface area contributed by atoms with E-state index in [0.29, 0.717) is 0 Å². The third kappa shape index (κ3) is 2.12. The van der Waals surface area contributed by atoms with Gasteiger partial charge in [-0.1, -0.05) is 6.42 Å². The first-order valence-electron chi connectivity index (χ1n) is 6.28. The van der Waals surface area contributed by atoms with E-state index in [9.17, 15) is 0 Å². The molecular formula is C12H24N2. The summed E-state index contributed by atoms with van der Waals surface area (Å²) in [6, 6.07) is 2.31. The zero-order valence-corrected chi connectivity index (χ0v) is 9.63. The lowest BCUT2D eigenvalue weighted by Gasteiger charge is -2.40. The quantitative estimate of drug-likeness (QED) is 0.726. The lowest BCUT2D eigenvalue weighted by Crippen LogP contribution is -2.51. The molecule has 0 aromatic carbocycles. The van der Waals surface area contributed by atoms with Crippen molar-refractivity contribution >= 4 is 0 Å². The summed E-state index contributed by atoms with van der Waals surface area (Å²) in [4.78, 5) is 2.71. The van der Waals surface area contributed by atoms with Crippen molar-refractivity contribution in [1.29, 1.82) is 0 Å². The summed E-state index contributed by atoms with van der Waals surface area (Å²) in [6.07, 6.45) is 6.99. The zero-order valence-electron chi connectivity index (χ0n) is 9.63. The largest absolute Gasteiger partial charge is 0.312 e. The van der Waals surface area contributed by atoms with Crippen LogP contribution in [0.3, 0.4) is 0 Å². The second-order valence-corrected chi connectivity index (χ2v) is 5.03. The smallest absolute Gasteiger partial charge is 0.0223 e. The van der Waals surface area contributed by atoms with Gasteiger partial charge in [-0.3, -0.25) is 4.90 Å². The molecule has 2 heterocycles. The highest BCUT2D eigenvalue weighted by molar-refractivity contribution is 4.88. The summed E-state index contributed by atoms with van der Waals surface area (Å²) in [5.41, 5.74) is 0. The number of likely N-dealkylation sites (tertiary alicyclic amines) is 1. The van der Waals surface area contributed by atoms with Gasteiger partial charge in [0, 0.05) is 18.1 Å². The first-order valence-corrected chi connectivity index (χ1v) is 6.28. The van der Waals surface area contributed by atoms with Gasteiger partial charge in [-0.2, -0.15) is 0 Å². The second kappa shape index (κ2) is 4.63. The van der Waals surface area contributed by atoms with Crippen LogP contribution in [0.4, 0.5) is 0 Å². The molecule has 0 aromatic rings. The van der Waals surface area contributed by atoms with Crippen LogP contribution in [0.2, 0.25) is 0 Å². The fourth-order valence-corrected chi connectivity index (χ4v) is 3.08. The van der Waals surface area contributed by atoms with Crippen LogP contribution in [0.25, 0.3) is 0 Å². The first kappa shape index (κ1) is 10.4. The fraction of sp³-hybridized carbons (Fsp3) is 1.00. The maximum absolute atomic E-state index is 3.63. The predicted molar refractivity (Wildman–Crippen MR) is 60.5 cm³/mol. The van der Waals surface area contributed by atoms with Crippen molar-refractivity contribution < 1.29 is 0 Å². The van der Waals surface area contributed by atoms with Crippen molar-refractivity contribution in [1.82, 2.24) is 10.2 Å². The molecule has 82 valence electrons. The van der Waals surface area contributed by atoms with E-state index in [1.54, 1.807) is 0 Å². The number of rotatable bonds is 2.